The molecule has 1 unspecified atom stereocenters. The summed E-state index contributed by atoms with van der Waals surface area (Å²) in [4.78, 5) is 12.0. The molecule has 0 amide bonds. The Bertz CT molecular complexity index is 528. The van der Waals surface area contributed by atoms with Crippen LogP contribution < -0.4 is 10.9 Å². The van der Waals surface area contributed by atoms with Gasteiger partial charge >= 0.3 is 0 Å². The molecule has 0 saturated heterocycles. The fourth-order valence-corrected chi connectivity index (χ4v) is 1.85. The van der Waals surface area contributed by atoms with E-state index in [0.29, 0.717) is 11.4 Å². The first kappa shape index (κ1) is 10.9. The van der Waals surface area contributed by atoms with Crippen LogP contribution in [0.3, 0.4) is 0 Å². The minimum Gasteiger partial charge on any atom is -0.319 e. The van der Waals surface area contributed by atoms with Crippen molar-refractivity contribution >= 4 is 5.52 Å². The molecule has 2 aromatic heterocycles. The summed E-state index contributed by atoms with van der Waals surface area (Å²) in [7, 11) is 1.92. The SMILES string of the molecule is CNCC(C)Cn1ccn2nccc2c1=O. The van der Waals surface area contributed by atoms with Crippen LogP contribution in [0.25, 0.3) is 5.52 Å². The summed E-state index contributed by atoms with van der Waals surface area (Å²) in [5, 5.41) is 7.13. The van der Waals surface area contributed by atoms with Crippen LogP contribution >= 0.6 is 0 Å². The number of hydrogen-bond acceptors (Lipinski definition) is 3. The van der Waals surface area contributed by atoms with E-state index >= 15 is 0 Å². The lowest BCUT2D eigenvalue weighted by atomic mass is 10.2. The topological polar surface area (TPSA) is 51.3 Å². The highest BCUT2D eigenvalue weighted by molar-refractivity contribution is 5.42. The van der Waals surface area contributed by atoms with Crippen molar-refractivity contribution in [2.75, 3.05) is 13.6 Å². The standard InChI is InChI=1S/C11H16N4O/c1-9(7-12-2)8-14-5-6-15-10(11(14)16)3-4-13-15/h3-6,9,12H,7-8H2,1-2H3. The van der Waals surface area contributed by atoms with Crippen molar-refractivity contribution in [2.24, 2.45) is 5.92 Å². The van der Waals surface area contributed by atoms with E-state index in [1.54, 1.807) is 27.5 Å². The number of aromatic nitrogens is 3. The summed E-state index contributed by atoms with van der Waals surface area (Å²) in [6, 6.07) is 1.74. The maximum absolute atomic E-state index is 12.0. The van der Waals surface area contributed by atoms with E-state index in [4.69, 9.17) is 0 Å². The van der Waals surface area contributed by atoms with E-state index in [9.17, 15) is 4.79 Å². The maximum Gasteiger partial charge on any atom is 0.276 e. The Labute approximate surface area is 93.7 Å². The first-order valence-corrected chi connectivity index (χ1v) is 5.39. The molecule has 0 bridgehead atoms. The average molecular weight is 220 g/mol. The van der Waals surface area contributed by atoms with Gasteiger partial charge in [0.15, 0.2) is 0 Å². The molecule has 2 aromatic rings. The predicted octanol–water partition coefficient (Wildman–Crippen LogP) is 0.351. The van der Waals surface area contributed by atoms with Crippen LogP contribution in [0.1, 0.15) is 6.92 Å². The molecule has 0 aliphatic carbocycles. The zero-order valence-corrected chi connectivity index (χ0v) is 9.55. The minimum absolute atomic E-state index is 0.0166. The number of nitrogens with one attached hydrogen (secondary N) is 1. The molecule has 5 nitrogen and oxygen atoms in total. The summed E-state index contributed by atoms with van der Waals surface area (Å²) in [5.74, 6) is 0.424. The van der Waals surface area contributed by atoms with Crippen LogP contribution in [0.5, 0.6) is 0 Å². The molecule has 0 spiro atoms. The molecule has 0 aromatic carbocycles. The number of fused-ring (bicyclic) bond motifs is 1. The third-order valence-corrected chi connectivity index (χ3v) is 2.60. The summed E-state index contributed by atoms with van der Waals surface area (Å²) in [5.41, 5.74) is 0.641. The highest BCUT2D eigenvalue weighted by atomic mass is 16.1. The molecular weight excluding hydrogens is 204 g/mol. The third kappa shape index (κ3) is 1.99. The van der Waals surface area contributed by atoms with E-state index in [2.05, 4.69) is 17.3 Å². The first-order chi connectivity index (χ1) is 7.72. The molecule has 86 valence electrons. The van der Waals surface area contributed by atoms with Gasteiger partial charge in [-0.25, -0.2) is 4.52 Å². The lowest BCUT2D eigenvalue weighted by molar-refractivity contribution is 0.454. The lowest BCUT2D eigenvalue weighted by Gasteiger charge is -2.12. The van der Waals surface area contributed by atoms with Crippen molar-refractivity contribution < 1.29 is 0 Å². The van der Waals surface area contributed by atoms with Crippen molar-refractivity contribution in [3.8, 4) is 0 Å². The summed E-state index contributed by atoms with van der Waals surface area (Å²) in [6.07, 6.45) is 5.23. The van der Waals surface area contributed by atoms with Crippen molar-refractivity contribution in [1.29, 1.82) is 0 Å². The minimum atomic E-state index is 0.0166. The average Bonchev–Trinajstić information content (AvgIpc) is 2.71. The summed E-state index contributed by atoms with van der Waals surface area (Å²) in [6.45, 7) is 3.74. The van der Waals surface area contributed by atoms with Gasteiger partial charge in [0.25, 0.3) is 5.56 Å². The van der Waals surface area contributed by atoms with Gasteiger partial charge in [0.1, 0.15) is 5.52 Å². The van der Waals surface area contributed by atoms with Crippen molar-refractivity contribution in [3.63, 3.8) is 0 Å². The van der Waals surface area contributed by atoms with E-state index in [-0.39, 0.29) is 5.56 Å². The molecule has 1 atom stereocenters. The second kappa shape index (κ2) is 4.49. The van der Waals surface area contributed by atoms with Crippen LogP contribution in [-0.2, 0) is 6.54 Å². The Kier molecular flexibility index (Phi) is 3.05. The molecule has 0 aliphatic rings. The van der Waals surface area contributed by atoms with Gasteiger partial charge < -0.3 is 9.88 Å². The molecule has 0 saturated carbocycles. The lowest BCUT2D eigenvalue weighted by Crippen LogP contribution is -2.28. The smallest absolute Gasteiger partial charge is 0.276 e. The molecule has 16 heavy (non-hydrogen) atoms. The third-order valence-electron chi connectivity index (χ3n) is 2.60. The zero-order valence-electron chi connectivity index (χ0n) is 9.55. The van der Waals surface area contributed by atoms with Crippen molar-refractivity contribution in [1.82, 2.24) is 19.5 Å². The van der Waals surface area contributed by atoms with Crippen LogP contribution in [-0.4, -0.2) is 27.8 Å². The second-order valence-corrected chi connectivity index (χ2v) is 4.08. The Morgan fingerprint density at radius 3 is 3.06 bits per heavy atom. The van der Waals surface area contributed by atoms with Gasteiger partial charge in [-0.15, -0.1) is 0 Å². The molecule has 0 aliphatic heterocycles. The summed E-state index contributed by atoms with van der Waals surface area (Å²) >= 11 is 0. The Morgan fingerprint density at radius 2 is 2.31 bits per heavy atom. The molecule has 1 N–H and O–H groups in total. The maximum atomic E-state index is 12.0. The van der Waals surface area contributed by atoms with Gasteiger partial charge in [0.05, 0.1) is 6.20 Å². The predicted molar refractivity (Wildman–Crippen MR) is 62.5 cm³/mol. The van der Waals surface area contributed by atoms with E-state index in [0.717, 1.165) is 13.1 Å². The highest BCUT2D eigenvalue weighted by Crippen LogP contribution is 1.99. The zero-order chi connectivity index (χ0) is 11.5. The van der Waals surface area contributed by atoms with Gasteiger partial charge in [-0.1, -0.05) is 6.92 Å². The van der Waals surface area contributed by atoms with E-state index in [1.807, 2.05) is 13.2 Å². The fraction of sp³-hybridized carbons (Fsp3) is 0.455. The molecule has 2 rings (SSSR count). The molecular formula is C11H16N4O. The van der Waals surface area contributed by atoms with Crippen LogP contribution in [0, 0.1) is 5.92 Å². The fourth-order valence-electron chi connectivity index (χ4n) is 1.85. The highest BCUT2D eigenvalue weighted by Gasteiger charge is 2.06. The Balaban J connectivity index is 2.31. The number of hydrogen-bond donors (Lipinski definition) is 1. The van der Waals surface area contributed by atoms with Gasteiger partial charge in [-0.3, -0.25) is 4.79 Å². The normalized spacial score (nSPS) is 13.1. The molecule has 2 heterocycles. The Hall–Kier alpha value is -1.62. The molecule has 0 fully saturated rings. The monoisotopic (exact) mass is 220 g/mol. The van der Waals surface area contributed by atoms with Crippen LogP contribution in [0.4, 0.5) is 0 Å². The van der Waals surface area contributed by atoms with Crippen LogP contribution in [0.2, 0.25) is 0 Å². The van der Waals surface area contributed by atoms with Crippen molar-refractivity contribution in [3.05, 3.63) is 35.0 Å². The largest absolute Gasteiger partial charge is 0.319 e. The van der Waals surface area contributed by atoms with E-state index in [1.165, 1.54) is 0 Å². The second-order valence-electron chi connectivity index (χ2n) is 4.08. The quantitative estimate of drug-likeness (QED) is 0.809. The van der Waals surface area contributed by atoms with Gasteiger partial charge in [0, 0.05) is 18.9 Å². The van der Waals surface area contributed by atoms with Crippen LogP contribution in [0.15, 0.2) is 29.5 Å². The molecule has 5 heteroatoms. The Morgan fingerprint density at radius 1 is 1.50 bits per heavy atom. The van der Waals surface area contributed by atoms with E-state index < -0.39 is 0 Å². The summed E-state index contributed by atoms with van der Waals surface area (Å²) < 4.78 is 3.33. The number of nitrogens with zero attached hydrogens (tertiary/aromatic N) is 3. The van der Waals surface area contributed by atoms with Gasteiger partial charge in [-0.2, -0.15) is 5.10 Å². The first-order valence-electron chi connectivity index (χ1n) is 5.39. The van der Waals surface area contributed by atoms with Gasteiger partial charge in [-0.05, 0) is 25.6 Å². The molecule has 0 radical (unpaired) electrons. The number of rotatable bonds is 4. The van der Waals surface area contributed by atoms with Crippen molar-refractivity contribution in [2.45, 2.75) is 13.5 Å². The van der Waals surface area contributed by atoms with Gasteiger partial charge in [0.2, 0.25) is 0 Å².